The standard InChI is InChI=1S/C8H11N3O/c9-7(8(10)12)4-6-2-1-3-11-5-6/h1-3,5,7H,4,9H2,(H2,10,12)/t7-/m0/s1. The summed E-state index contributed by atoms with van der Waals surface area (Å²) in [5, 5.41) is 0. The van der Waals surface area contributed by atoms with E-state index in [1.165, 1.54) is 0 Å². The zero-order valence-corrected chi connectivity index (χ0v) is 6.60. The Balaban J connectivity index is 2.58. The van der Waals surface area contributed by atoms with Crippen molar-refractivity contribution in [1.82, 2.24) is 4.98 Å². The van der Waals surface area contributed by atoms with Crippen LogP contribution in [0.25, 0.3) is 0 Å². The lowest BCUT2D eigenvalue weighted by Crippen LogP contribution is -2.38. The molecule has 1 amide bonds. The Bertz CT molecular complexity index is 260. The molecule has 1 aromatic rings. The maximum absolute atomic E-state index is 10.6. The van der Waals surface area contributed by atoms with Gasteiger partial charge in [-0.3, -0.25) is 9.78 Å². The highest BCUT2D eigenvalue weighted by Gasteiger charge is 2.09. The van der Waals surface area contributed by atoms with E-state index in [2.05, 4.69) is 4.98 Å². The number of carbonyl (C=O) groups excluding carboxylic acids is 1. The third-order valence-electron chi connectivity index (χ3n) is 1.54. The maximum Gasteiger partial charge on any atom is 0.234 e. The molecule has 0 fully saturated rings. The van der Waals surface area contributed by atoms with Crippen molar-refractivity contribution in [2.75, 3.05) is 0 Å². The van der Waals surface area contributed by atoms with Crippen molar-refractivity contribution in [3.8, 4) is 0 Å². The molecule has 0 spiro atoms. The molecule has 0 saturated heterocycles. The minimum Gasteiger partial charge on any atom is -0.368 e. The van der Waals surface area contributed by atoms with Gasteiger partial charge in [0.2, 0.25) is 5.91 Å². The Morgan fingerprint density at radius 3 is 2.92 bits per heavy atom. The van der Waals surface area contributed by atoms with E-state index < -0.39 is 11.9 Å². The molecule has 4 nitrogen and oxygen atoms in total. The van der Waals surface area contributed by atoms with Crippen LogP contribution >= 0.6 is 0 Å². The van der Waals surface area contributed by atoms with Gasteiger partial charge in [-0.2, -0.15) is 0 Å². The third-order valence-corrected chi connectivity index (χ3v) is 1.54. The van der Waals surface area contributed by atoms with Crippen LogP contribution in [0, 0.1) is 0 Å². The number of nitrogens with zero attached hydrogens (tertiary/aromatic N) is 1. The highest BCUT2D eigenvalue weighted by molar-refractivity contribution is 5.79. The molecule has 12 heavy (non-hydrogen) atoms. The Hall–Kier alpha value is -1.42. The van der Waals surface area contributed by atoms with E-state index in [4.69, 9.17) is 11.5 Å². The SMILES string of the molecule is NC(=O)[C@@H](N)Cc1cccnc1. The Kier molecular flexibility index (Phi) is 2.76. The van der Waals surface area contributed by atoms with Gasteiger partial charge in [-0.25, -0.2) is 0 Å². The highest BCUT2D eigenvalue weighted by atomic mass is 16.1. The van der Waals surface area contributed by atoms with Crippen molar-refractivity contribution < 1.29 is 4.79 Å². The average molecular weight is 165 g/mol. The Morgan fingerprint density at radius 1 is 1.67 bits per heavy atom. The number of carbonyl (C=O) groups is 1. The molecule has 0 radical (unpaired) electrons. The monoisotopic (exact) mass is 165 g/mol. The van der Waals surface area contributed by atoms with Crippen LogP contribution in [-0.2, 0) is 11.2 Å². The van der Waals surface area contributed by atoms with Crippen LogP contribution in [0.5, 0.6) is 0 Å². The van der Waals surface area contributed by atoms with Crippen LogP contribution in [0.1, 0.15) is 5.56 Å². The van der Waals surface area contributed by atoms with Gasteiger partial charge in [-0.15, -0.1) is 0 Å². The number of rotatable bonds is 3. The van der Waals surface area contributed by atoms with Crippen molar-refractivity contribution in [3.63, 3.8) is 0 Å². The van der Waals surface area contributed by atoms with Crippen LogP contribution < -0.4 is 11.5 Å². The summed E-state index contributed by atoms with van der Waals surface area (Å²) in [6, 6.07) is 3.04. The predicted molar refractivity (Wildman–Crippen MR) is 45.1 cm³/mol. The molecule has 1 heterocycles. The van der Waals surface area contributed by atoms with Gasteiger partial charge in [-0.1, -0.05) is 6.07 Å². The second-order valence-electron chi connectivity index (χ2n) is 2.57. The lowest BCUT2D eigenvalue weighted by atomic mass is 10.1. The lowest BCUT2D eigenvalue weighted by molar-refractivity contribution is -0.119. The summed E-state index contributed by atoms with van der Waals surface area (Å²) in [5.74, 6) is -0.487. The zero-order chi connectivity index (χ0) is 8.97. The second-order valence-corrected chi connectivity index (χ2v) is 2.57. The molecule has 64 valence electrons. The molecule has 4 N–H and O–H groups in total. The van der Waals surface area contributed by atoms with E-state index in [1.54, 1.807) is 18.5 Å². The molecule has 0 aliphatic rings. The first kappa shape index (κ1) is 8.67. The number of amides is 1. The highest BCUT2D eigenvalue weighted by Crippen LogP contribution is 1.98. The fourth-order valence-electron chi connectivity index (χ4n) is 0.873. The summed E-state index contributed by atoms with van der Waals surface area (Å²) in [6.45, 7) is 0. The largest absolute Gasteiger partial charge is 0.368 e. The second kappa shape index (κ2) is 3.82. The molecular weight excluding hydrogens is 154 g/mol. The molecule has 1 atom stereocenters. The summed E-state index contributed by atoms with van der Waals surface area (Å²) in [4.78, 5) is 14.5. The van der Waals surface area contributed by atoms with Crippen molar-refractivity contribution in [1.29, 1.82) is 0 Å². The summed E-state index contributed by atoms with van der Waals surface area (Å²) in [6.07, 6.45) is 3.78. The van der Waals surface area contributed by atoms with Gasteiger partial charge in [0.25, 0.3) is 0 Å². The summed E-state index contributed by atoms with van der Waals surface area (Å²) < 4.78 is 0. The van der Waals surface area contributed by atoms with Gasteiger partial charge in [0.05, 0.1) is 6.04 Å². The van der Waals surface area contributed by atoms with Crippen LogP contribution in [0.15, 0.2) is 24.5 Å². The van der Waals surface area contributed by atoms with Crippen molar-refractivity contribution in [2.45, 2.75) is 12.5 Å². The van der Waals surface area contributed by atoms with Crippen LogP contribution in [0.2, 0.25) is 0 Å². The number of primary amides is 1. The fraction of sp³-hybridized carbons (Fsp3) is 0.250. The first-order valence-corrected chi connectivity index (χ1v) is 3.64. The summed E-state index contributed by atoms with van der Waals surface area (Å²) >= 11 is 0. The first-order chi connectivity index (χ1) is 5.70. The van der Waals surface area contributed by atoms with Gasteiger partial charge in [0, 0.05) is 12.4 Å². The molecule has 0 saturated carbocycles. The smallest absolute Gasteiger partial charge is 0.234 e. The van der Waals surface area contributed by atoms with E-state index in [-0.39, 0.29) is 0 Å². The van der Waals surface area contributed by atoms with E-state index >= 15 is 0 Å². The van der Waals surface area contributed by atoms with Crippen molar-refractivity contribution >= 4 is 5.91 Å². The Labute approximate surface area is 70.6 Å². The molecule has 1 aromatic heterocycles. The normalized spacial score (nSPS) is 12.4. The molecule has 0 bridgehead atoms. The maximum atomic E-state index is 10.6. The molecule has 0 aliphatic carbocycles. The first-order valence-electron chi connectivity index (χ1n) is 3.64. The zero-order valence-electron chi connectivity index (χ0n) is 6.60. The molecule has 1 rings (SSSR count). The number of nitrogens with two attached hydrogens (primary N) is 2. The minimum atomic E-state index is -0.616. The van der Waals surface area contributed by atoms with Gasteiger partial charge >= 0.3 is 0 Å². The van der Waals surface area contributed by atoms with Crippen molar-refractivity contribution in [3.05, 3.63) is 30.1 Å². The molecule has 0 unspecified atom stereocenters. The summed E-state index contributed by atoms with van der Waals surface area (Å²) in [5.41, 5.74) is 11.4. The van der Waals surface area contributed by atoms with Gasteiger partial charge in [0.15, 0.2) is 0 Å². The van der Waals surface area contributed by atoms with E-state index in [0.29, 0.717) is 6.42 Å². The van der Waals surface area contributed by atoms with Gasteiger partial charge < -0.3 is 11.5 Å². The van der Waals surface area contributed by atoms with Crippen molar-refractivity contribution in [2.24, 2.45) is 11.5 Å². The Morgan fingerprint density at radius 2 is 2.42 bits per heavy atom. The quantitative estimate of drug-likeness (QED) is 0.629. The molecule has 4 heteroatoms. The average Bonchev–Trinajstić information content (AvgIpc) is 2.06. The van der Waals surface area contributed by atoms with Crippen LogP contribution in [0.4, 0.5) is 0 Å². The van der Waals surface area contributed by atoms with Crippen LogP contribution in [0.3, 0.4) is 0 Å². The van der Waals surface area contributed by atoms with E-state index in [1.807, 2.05) is 6.07 Å². The summed E-state index contributed by atoms with van der Waals surface area (Å²) in [7, 11) is 0. The van der Waals surface area contributed by atoms with E-state index in [0.717, 1.165) is 5.56 Å². The number of pyridine rings is 1. The topological polar surface area (TPSA) is 82.0 Å². The van der Waals surface area contributed by atoms with Gasteiger partial charge in [-0.05, 0) is 18.1 Å². The number of aromatic nitrogens is 1. The van der Waals surface area contributed by atoms with E-state index in [9.17, 15) is 4.79 Å². The minimum absolute atomic E-state index is 0.448. The number of hydrogen-bond acceptors (Lipinski definition) is 3. The fourth-order valence-corrected chi connectivity index (χ4v) is 0.873. The number of hydrogen-bond donors (Lipinski definition) is 2. The molecule has 0 aliphatic heterocycles. The molecule has 0 aromatic carbocycles. The lowest BCUT2D eigenvalue weighted by Gasteiger charge is -2.05. The van der Waals surface area contributed by atoms with Crippen LogP contribution in [-0.4, -0.2) is 16.9 Å². The molecular formula is C8H11N3O. The third kappa shape index (κ3) is 2.32. The predicted octanol–water partition coefficient (Wildman–Crippen LogP) is -0.563. The van der Waals surface area contributed by atoms with Gasteiger partial charge in [0.1, 0.15) is 0 Å².